The van der Waals surface area contributed by atoms with Gasteiger partial charge in [-0.15, -0.1) is 0 Å². The number of halogens is 1. The van der Waals surface area contributed by atoms with E-state index in [4.69, 9.17) is 4.74 Å². The second-order valence-corrected chi connectivity index (χ2v) is 7.35. The number of nitrogens with zero attached hydrogens (tertiary/aromatic N) is 1. The molecule has 3 nitrogen and oxygen atoms in total. The molecule has 1 unspecified atom stereocenters. The molecule has 0 N–H and O–H groups in total. The van der Waals surface area contributed by atoms with Crippen molar-refractivity contribution in [2.75, 3.05) is 6.54 Å². The third-order valence-electron chi connectivity index (χ3n) is 3.15. The Labute approximate surface area is 128 Å². The van der Waals surface area contributed by atoms with Gasteiger partial charge in [-0.25, -0.2) is 4.79 Å². The summed E-state index contributed by atoms with van der Waals surface area (Å²) < 4.78 is 6.69. The van der Waals surface area contributed by atoms with E-state index in [1.54, 1.807) is 4.90 Å². The van der Waals surface area contributed by atoms with Crippen molar-refractivity contribution in [1.29, 1.82) is 0 Å². The number of carbonyl (C=O) groups is 1. The summed E-state index contributed by atoms with van der Waals surface area (Å²) in [5.41, 5.74) is 2.14. The zero-order valence-corrected chi connectivity index (χ0v) is 14.0. The minimum Gasteiger partial charge on any atom is -0.444 e. The average Bonchev–Trinajstić information content (AvgIpc) is 2.27. The fourth-order valence-electron chi connectivity index (χ4n) is 2.33. The van der Waals surface area contributed by atoms with Crippen molar-refractivity contribution in [3.63, 3.8) is 0 Å². The van der Waals surface area contributed by atoms with Gasteiger partial charge in [0.1, 0.15) is 5.60 Å². The molecule has 1 atom stereocenters. The van der Waals surface area contributed by atoms with Crippen molar-refractivity contribution in [2.45, 2.75) is 45.8 Å². The van der Waals surface area contributed by atoms with Crippen LogP contribution >= 0.6 is 22.6 Å². The van der Waals surface area contributed by atoms with Crippen molar-refractivity contribution in [1.82, 2.24) is 4.90 Å². The van der Waals surface area contributed by atoms with Crippen LogP contribution in [0.25, 0.3) is 0 Å². The highest BCUT2D eigenvalue weighted by molar-refractivity contribution is 14.1. The largest absolute Gasteiger partial charge is 0.444 e. The van der Waals surface area contributed by atoms with Gasteiger partial charge in [-0.2, -0.15) is 0 Å². The zero-order valence-electron chi connectivity index (χ0n) is 11.9. The molecule has 4 heteroatoms. The summed E-state index contributed by atoms with van der Waals surface area (Å²) in [6.07, 6.45) is -0.219. The first-order chi connectivity index (χ1) is 8.76. The first-order valence-electron chi connectivity index (χ1n) is 6.52. The fourth-order valence-corrected chi connectivity index (χ4v) is 2.85. The van der Waals surface area contributed by atoms with E-state index < -0.39 is 5.60 Å². The summed E-state index contributed by atoms with van der Waals surface area (Å²) in [5, 5.41) is 0. The second-order valence-electron chi connectivity index (χ2n) is 6.11. The van der Waals surface area contributed by atoms with Gasteiger partial charge in [-0.1, -0.05) is 13.0 Å². The van der Waals surface area contributed by atoms with Gasteiger partial charge in [-0.3, -0.25) is 0 Å². The first-order valence-corrected chi connectivity index (χ1v) is 7.60. The highest BCUT2D eigenvalue weighted by atomic mass is 127. The Kier molecular flexibility index (Phi) is 4.08. The third-order valence-corrected chi connectivity index (χ3v) is 3.82. The van der Waals surface area contributed by atoms with Gasteiger partial charge in [0.05, 0.1) is 0 Å². The predicted octanol–water partition coefficient (Wildman–Crippen LogP) is 4.15. The summed E-state index contributed by atoms with van der Waals surface area (Å²) in [7, 11) is 0. The Bertz CT molecular complexity index is 493. The van der Waals surface area contributed by atoms with Gasteiger partial charge in [-0.05, 0) is 72.5 Å². The number of hydrogen-bond donors (Lipinski definition) is 0. The molecule has 0 saturated heterocycles. The van der Waals surface area contributed by atoms with E-state index in [2.05, 4.69) is 47.7 Å². The molecular weight excluding hydrogens is 353 g/mol. The van der Waals surface area contributed by atoms with Crippen molar-refractivity contribution < 1.29 is 9.53 Å². The van der Waals surface area contributed by atoms with Gasteiger partial charge >= 0.3 is 6.09 Å². The Morgan fingerprint density at radius 2 is 2.11 bits per heavy atom. The van der Waals surface area contributed by atoms with Gasteiger partial charge in [0.25, 0.3) is 0 Å². The lowest BCUT2D eigenvalue weighted by molar-refractivity contribution is 0.0209. The highest BCUT2D eigenvalue weighted by Crippen LogP contribution is 2.30. The molecule has 1 aromatic carbocycles. The van der Waals surface area contributed by atoms with Gasteiger partial charge in [0, 0.05) is 16.7 Å². The molecule has 1 amide bonds. The number of hydrogen-bond acceptors (Lipinski definition) is 2. The predicted molar refractivity (Wildman–Crippen MR) is 84.2 cm³/mol. The Morgan fingerprint density at radius 1 is 1.42 bits per heavy atom. The second kappa shape index (κ2) is 5.31. The van der Waals surface area contributed by atoms with Crippen LogP contribution in [0.2, 0.25) is 0 Å². The van der Waals surface area contributed by atoms with Crippen molar-refractivity contribution in [2.24, 2.45) is 0 Å². The van der Waals surface area contributed by atoms with E-state index in [-0.39, 0.29) is 6.09 Å². The molecule has 0 radical (unpaired) electrons. The number of ether oxygens (including phenoxy) is 1. The Hall–Kier alpha value is -0.780. The van der Waals surface area contributed by atoms with Crippen LogP contribution in [-0.4, -0.2) is 23.1 Å². The molecule has 1 aliphatic rings. The van der Waals surface area contributed by atoms with Crippen LogP contribution in [0.15, 0.2) is 18.2 Å². The lowest BCUT2D eigenvalue weighted by Gasteiger charge is -2.34. The van der Waals surface area contributed by atoms with E-state index >= 15 is 0 Å². The van der Waals surface area contributed by atoms with Crippen molar-refractivity contribution in [3.05, 3.63) is 32.9 Å². The summed E-state index contributed by atoms with van der Waals surface area (Å²) in [6, 6.07) is 6.42. The number of rotatable bonds is 0. The number of carbonyl (C=O) groups excluding carboxylic acids is 1. The smallest absolute Gasteiger partial charge is 0.410 e. The molecule has 104 valence electrons. The maximum absolute atomic E-state index is 12.1. The molecule has 2 rings (SSSR count). The summed E-state index contributed by atoms with van der Waals surface area (Å²) in [5.74, 6) is 0.353. The lowest BCUT2D eigenvalue weighted by atomic mass is 9.91. The minimum absolute atomic E-state index is 0.219. The van der Waals surface area contributed by atoms with Crippen molar-refractivity contribution in [3.8, 4) is 0 Å². The Morgan fingerprint density at radius 3 is 2.74 bits per heavy atom. The van der Waals surface area contributed by atoms with E-state index in [9.17, 15) is 4.79 Å². The van der Waals surface area contributed by atoms with Crippen LogP contribution in [0, 0.1) is 3.57 Å². The molecule has 0 bridgehead atoms. The van der Waals surface area contributed by atoms with Crippen LogP contribution < -0.4 is 0 Å². The molecular formula is C15H20INO2. The molecule has 0 fully saturated rings. The maximum atomic E-state index is 12.1. The molecule has 0 spiro atoms. The van der Waals surface area contributed by atoms with Gasteiger partial charge < -0.3 is 9.64 Å². The molecule has 19 heavy (non-hydrogen) atoms. The molecule has 0 aliphatic carbocycles. The van der Waals surface area contributed by atoms with Crippen LogP contribution in [-0.2, 0) is 11.3 Å². The van der Waals surface area contributed by atoms with E-state index in [1.165, 1.54) is 14.7 Å². The van der Waals surface area contributed by atoms with Crippen LogP contribution in [0.5, 0.6) is 0 Å². The van der Waals surface area contributed by atoms with Crippen LogP contribution in [0.1, 0.15) is 44.7 Å². The molecule has 0 saturated carbocycles. The van der Waals surface area contributed by atoms with Crippen molar-refractivity contribution >= 4 is 28.7 Å². The van der Waals surface area contributed by atoms with Crippen LogP contribution in [0.4, 0.5) is 4.79 Å². The normalized spacial score (nSPS) is 19.0. The summed E-state index contributed by atoms with van der Waals surface area (Å²) in [4.78, 5) is 13.9. The molecule has 1 aromatic rings. The zero-order chi connectivity index (χ0) is 14.2. The minimum atomic E-state index is -0.438. The molecule has 0 aromatic heterocycles. The van der Waals surface area contributed by atoms with E-state index in [0.717, 1.165) is 6.54 Å². The number of fused-ring (bicyclic) bond motifs is 1. The summed E-state index contributed by atoms with van der Waals surface area (Å²) >= 11 is 2.33. The SMILES string of the molecule is CC1CN(C(=O)OC(C)(C)C)Cc2ccc(I)cc21. The van der Waals surface area contributed by atoms with E-state index in [1.807, 2.05) is 20.8 Å². The number of benzene rings is 1. The maximum Gasteiger partial charge on any atom is 0.410 e. The number of amides is 1. The third kappa shape index (κ3) is 3.61. The molecule has 1 aliphatic heterocycles. The average molecular weight is 373 g/mol. The molecule has 1 heterocycles. The monoisotopic (exact) mass is 373 g/mol. The van der Waals surface area contributed by atoms with Gasteiger partial charge in [0.15, 0.2) is 0 Å². The standard InChI is InChI=1S/C15H20INO2/c1-10-8-17(14(18)19-15(2,3)4)9-11-5-6-12(16)7-13(10)11/h5-7,10H,8-9H2,1-4H3. The fraction of sp³-hybridized carbons (Fsp3) is 0.533. The highest BCUT2D eigenvalue weighted by Gasteiger charge is 2.28. The quantitative estimate of drug-likeness (QED) is 0.640. The van der Waals surface area contributed by atoms with Gasteiger partial charge in [0.2, 0.25) is 0 Å². The lowest BCUT2D eigenvalue weighted by Crippen LogP contribution is -2.41. The van der Waals surface area contributed by atoms with Crippen LogP contribution in [0.3, 0.4) is 0 Å². The first kappa shape index (κ1) is 14.6. The van der Waals surface area contributed by atoms with E-state index in [0.29, 0.717) is 12.5 Å². The summed E-state index contributed by atoms with van der Waals surface area (Å²) in [6.45, 7) is 9.22. The topological polar surface area (TPSA) is 29.5 Å². The Balaban J connectivity index is 2.17.